The number of hydrogen-bond donors (Lipinski definition) is 0. The number of carbonyl (C=O) groups is 1. The normalized spacial score (nSPS) is 17.3. The molecule has 1 fully saturated rings. The van der Waals surface area contributed by atoms with Gasteiger partial charge in [-0.05, 0) is 38.3 Å². The van der Waals surface area contributed by atoms with Crippen molar-refractivity contribution in [3.63, 3.8) is 0 Å². The Hall–Kier alpha value is -2.25. The molecule has 0 aliphatic carbocycles. The first-order chi connectivity index (χ1) is 12.1. The van der Waals surface area contributed by atoms with E-state index in [-0.39, 0.29) is 17.8 Å². The molecule has 130 valence electrons. The van der Waals surface area contributed by atoms with Gasteiger partial charge in [0.05, 0.1) is 28.6 Å². The number of thiazole rings is 1. The van der Waals surface area contributed by atoms with Gasteiger partial charge in [-0.25, -0.2) is 4.98 Å². The lowest BCUT2D eigenvalue weighted by Crippen LogP contribution is -2.37. The molecule has 1 aliphatic heterocycles. The van der Waals surface area contributed by atoms with Crippen LogP contribution in [0.15, 0.2) is 28.8 Å². The van der Waals surface area contributed by atoms with Crippen molar-refractivity contribution in [1.82, 2.24) is 10.1 Å². The fourth-order valence-corrected chi connectivity index (χ4v) is 4.08. The molecule has 7 heteroatoms. The summed E-state index contributed by atoms with van der Waals surface area (Å²) in [7, 11) is 0. The van der Waals surface area contributed by atoms with Gasteiger partial charge in [0.25, 0.3) is 5.91 Å². The predicted octanol–water partition coefficient (Wildman–Crippen LogP) is 3.73. The van der Waals surface area contributed by atoms with Crippen LogP contribution in [-0.2, 0) is 4.74 Å². The molecule has 1 aliphatic rings. The van der Waals surface area contributed by atoms with Crippen molar-refractivity contribution >= 4 is 32.6 Å². The largest absolute Gasteiger partial charge is 0.376 e. The highest BCUT2D eigenvalue weighted by molar-refractivity contribution is 7.22. The Bertz CT molecular complexity index is 911. The molecule has 0 radical (unpaired) electrons. The van der Waals surface area contributed by atoms with Crippen LogP contribution in [0.25, 0.3) is 10.2 Å². The second kappa shape index (κ2) is 6.57. The van der Waals surface area contributed by atoms with Gasteiger partial charge in [0.2, 0.25) is 5.76 Å². The molecule has 1 aromatic carbocycles. The van der Waals surface area contributed by atoms with Gasteiger partial charge in [0, 0.05) is 12.7 Å². The van der Waals surface area contributed by atoms with Gasteiger partial charge >= 0.3 is 0 Å². The summed E-state index contributed by atoms with van der Waals surface area (Å²) in [4.78, 5) is 19.4. The first-order valence-corrected chi connectivity index (χ1v) is 9.16. The number of anilines is 1. The van der Waals surface area contributed by atoms with Crippen LogP contribution in [0.4, 0.5) is 5.13 Å². The third-order valence-corrected chi connectivity index (χ3v) is 5.38. The lowest BCUT2D eigenvalue weighted by atomic mass is 10.2. The lowest BCUT2D eigenvalue weighted by Gasteiger charge is -2.21. The zero-order chi connectivity index (χ0) is 17.4. The van der Waals surface area contributed by atoms with Crippen molar-refractivity contribution in [3.05, 3.63) is 41.3 Å². The minimum Gasteiger partial charge on any atom is -0.376 e. The molecule has 25 heavy (non-hydrogen) atoms. The van der Waals surface area contributed by atoms with E-state index < -0.39 is 0 Å². The minimum absolute atomic E-state index is 0.0288. The number of benzene rings is 1. The summed E-state index contributed by atoms with van der Waals surface area (Å²) in [5, 5.41) is 4.50. The molecule has 6 nitrogen and oxygen atoms in total. The van der Waals surface area contributed by atoms with Gasteiger partial charge in [0.1, 0.15) is 0 Å². The fraction of sp³-hybridized carbons (Fsp3) is 0.389. The number of rotatable bonds is 4. The van der Waals surface area contributed by atoms with Crippen molar-refractivity contribution < 1.29 is 14.1 Å². The highest BCUT2D eigenvalue weighted by atomic mass is 32.1. The van der Waals surface area contributed by atoms with Crippen molar-refractivity contribution in [3.8, 4) is 0 Å². The molecule has 0 N–H and O–H groups in total. The van der Waals surface area contributed by atoms with Crippen LogP contribution < -0.4 is 4.90 Å². The Morgan fingerprint density at radius 3 is 2.96 bits per heavy atom. The summed E-state index contributed by atoms with van der Waals surface area (Å²) >= 11 is 1.51. The zero-order valence-electron chi connectivity index (χ0n) is 14.2. The van der Waals surface area contributed by atoms with Crippen molar-refractivity contribution in [2.45, 2.75) is 32.8 Å². The smallest absolute Gasteiger partial charge is 0.298 e. The third-order valence-electron chi connectivity index (χ3n) is 4.33. The van der Waals surface area contributed by atoms with E-state index in [1.54, 1.807) is 17.9 Å². The van der Waals surface area contributed by atoms with Crippen LogP contribution in [0.3, 0.4) is 0 Å². The maximum atomic E-state index is 13.0. The van der Waals surface area contributed by atoms with Crippen LogP contribution in [0.1, 0.15) is 34.7 Å². The van der Waals surface area contributed by atoms with E-state index in [1.165, 1.54) is 11.3 Å². The number of carbonyl (C=O) groups excluding carboxylic acids is 1. The Morgan fingerprint density at radius 2 is 2.28 bits per heavy atom. The number of para-hydroxylation sites is 1. The van der Waals surface area contributed by atoms with E-state index in [1.807, 2.05) is 25.1 Å². The highest BCUT2D eigenvalue weighted by Crippen LogP contribution is 2.32. The molecule has 3 aromatic rings. The fourth-order valence-electron chi connectivity index (χ4n) is 3.03. The summed E-state index contributed by atoms with van der Waals surface area (Å²) < 4.78 is 12.0. The van der Waals surface area contributed by atoms with E-state index in [0.29, 0.717) is 17.4 Å². The van der Waals surface area contributed by atoms with E-state index in [9.17, 15) is 4.79 Å². The first kappa shape index (κ1) is 16.2. The van der Waals surface area contributed by atoms with Crippen LogP contribution in [0.2, 0.25) is 0 Å². The average Bonchev–Trinajstić information content (AvgIpc) is 3.32. The standard InChI is InChI=1S/C18H19N3O3S/c1-11-5-3-7-15-16(11)19-18(25-15)21(10-13-6-4-8-23-13)17(22)14-9-12(2)20-24-14/h3,5,7,9,13H,4,6,8,10H2,1-2H3. The highest BCUT2D eigenvalue weighted by Gasteiger charge is 2.29. The van der Waals surface area contributed by atoms with Gasteiger partial charge in [-0.3, -0.25) is 9.69 Å². The molecular weight excluding hydrogens is 338 g/mol. The van der Waals surface area contributed by atoms with Crippen LogP contribution in [0.5, 0.6) is 0 Å². The molecule has 0 saturated carbocycles. The quantitative estimate of drug-likeness (QED) is 0.712. The van der Waals surface area contributed by atoms with Gasteiger partial charge in [0.15, 0.2) is 5.13 Å². The second-order valence-corrected chi connectivity index (χ2v) is 7.31. The van der Waals surface area contributed by atoms with E-state index in [4.69, 9.17) is 14.2 Å². The summed E-state index contributed by atoms with van der Waals surface area (Å²) in [6, 6.07) is 7.71. The summed E-state index contributed by atoms with van der Waals surface area (Å²) in [6.07, 6.45) is 2.00. The van der Waals surface area contributed by atoms with Crippen molar-refractivity contribution in [2.24, 2.45) is 0 Å². The molecule has 1 atom stereocenters. The minimum atomic E-state index is -0.229. The summed E-state index contributed by atoms with van der Waals surface area (Å²) in [5.74, 6) is -0.000663. The molecule has 4 rings (SSSR count). The third kappa shape index (κ3) is 3.17. The monoisotopic (exact) mass is 357 g/mol. The van der Waals surface area contributed by atoms with Crippen LogP contribution >= 0.6 is 11.3 Å². The predicted molar refractivity (Wildman–Crippen MR) is 96.2 cm³/mol. The summed E-state index contributed by atoms with van der Waals surface area (Å²) in [5.41, 5.74) is 2.71. The molecule has 0 bridgehead atoms. The van der Waals surface area contributed by atoms with Crippen molar-refractivity contribution in [2.75, 3.05) is 18.1 Å². The Morgan fingerprint density at radius 1 is 1.40 bits per heavy atom. The molecule has 1 unspecified atom stereocenters. The second-order valence-electron chi connectivity index (χ2n) is 6.30. The van der Waals surface area contributed by atoms with Crippen molar-refractivity contribution in [1.29, 1.82) is 0 Å². The number of aromatic nitrogens is 2. The maximum absolute atomic E-state index is 13.0. The SMILES string of the molecule is Cc1cc(C(=O)N(CC2CCCO2)c2nc3c(C)cccc3s2)on1. The van der Waals surface area contributed by atoms with Crippen LogP contribution in [0, 0.1) is 13.8 Å². The average molecular weight is 357 g/mol. The molecule has 1 saturated heterocycles. The Labute approximate surface area is 149 Å². The summed E-state index contributed by atoms with van der Waals surface area (Å²) in [6.45, 7) is 5.04. The molecule has 1 amide bonds. The van der Waals surface area contributed by atoms with Crippen LogP contribution in [-0.4, -0.2) is 35.3 Å². The van der Waals surface area contributed by atoms with Gasteiger partial charge in [-0.15, -0.1) is 0 Å². The van der Waals surface area contributed by atoms with E-state index in [0.717, 1.165) is 35.2 Å². The van der Waals surface area contributed by atoms with E-state index >= 15 is 0 Å². The topological polar surface area (TPSA) is 68.5 Å². The number of fused-ring (bicyclic) bond motifs is 1. The van der Waals surface area contributed by atoms with Gasteiger partial charge < -0.3 is 9.26 Å². The lowest BCUT2D eigenvalue weighted by molar-refractivity contribution is 0.0887. The zero-order valence-corrected chi connectivity index (χ0v) is 15.0. The van der Waals surface area contributed by atoms with Gasteiger partial charge in [-0.2, -0.15) is 0 Å². The Balaban J connectivity index is 1.72. The van der Waals surface area contributed by atoms with E-state index in [2.05, 4.69) is 5.16 Å². The molecule has 0 spiro atoms. The number of hydrogen-bond acceptors (Lipinski definition) is 6. The number of ether oxygens (including phenoxy) is 1. The Kier molecular flexibility index (Phi) is 4.27. The molecular formula is C18H19N3O3S. The molecule has 2 aromatic heterocycles. The maximum Gasteiger partial charge on any atom is 0.298 e. The number of amides is 1. The first-order valence-electron chi connectivity index (χ1n) is 8.35. The van der Waals surface area contributed by atoms with Gasteiger partial charge in [-0.1, -0.05) is 28.6 Å². The molecule has 3 heterocycles. The number of aryl methyl sites for hydroxylation is 2. The number of nitrogens with zero attached hydrogens (tertiary/aromatic N) is 3.